The third-order valence-corrected chi connectivity index (χ3v) is 4.19. The minimum absolute atomic E-state index is 0.0711. The number of hydrogen-bond donors (Lipinski definition) is 1. The number of oxime groups is 1. The van der Waals surface area contributed by atoms with Crippen molar-refractivity contribution >= 4 is 23.3 Å². The predicted molar refractivity (Wildman–Crippen MR) is 84.9 cm³/mol. The monoisotopic (exact) mass is 327 g/mol. The van der Waals surface area contributed by atoms with E-state index in [1.807, 2.05) is 6.92 Å². The Balaban J connectivity index is 2.20. The van der Waals surface area contributed by atoms with Crippen molar-refractivity contribution in [2.75, 3.05) is 6.61 Å². The Morgan fingerprint density at radius 3 is 2.82 bits per heavy atom. The zero-order valence-electron chi connectivity index (χ0n) is 12.8. The first-order valence-electron chi connectivity index (χ1n) is 7.72. The van der Waals surface area contributed by atoms with E-state index in [4.69, 9.17) is 21.2 Å². The molecule has 0 atom stereocenters. The van der Waals surface area contributed by atoms with Gasteiger partial charge >= 0.3 is 5.97 Å². The Bertz CT molecular complexity index is 504. The lowest BCUT2D eigenvalue weighted by molar-refractivity contribution is -0.157. The van der Waals surface area contributed by atoms with Crippen molar-refractivity contribution in [3.05, 3.63) is 22.9 Å². The van der Waals surface area contributed by atoms with Crippen LogP contribution in [0, 0.1) is 0 Å². The van der Waals surface area contributed by atoms with Gasteiger partial charge in [0.2, 0.25) is 0 Å². The average molecular weight is 328 g/mol. The molecule has 6 heteroatoms. The third kappa shape index (κ3) is 3.83. The topological polar surface area (TPSA) is 68.1 Å². The number of aliphatic hydroxyl groups excluding tert-OH is 1. The number of nitrogens with zero attached hydrogens (tertiary/aromatic N) is 1. The van der Waals surface area contributed by atoms with Crippen LogP contribution >= 0.6 is 11.6 Å². The van der Waals surface area contributed by atoms with Gasteiger partial charge in [-0.25, -0.2) is 4.79 Å². The van der Waals surface area contributed by atoms with E-state index in [0.717, 1.165) is 32.1 Å². The van der Waals surface area contributed by atoms with Gasteiger partial charge in [-0.1, -0.05) is 30.1 Å². The summed E-state index contributed by atoms with van der Waals surface area (Å²) in [7, 11) is 0. The molecule has 2 rings (SSSR count). The lowest BCUT2D eigenvalue weighted by atomic mass is 9.90. The van der Waals surface area contributed by atoms with Crippen LogP contribution in [0.4, 0.5) is 0 Å². The van der Waals surface area contributed by atoms with Crippen molar-refractivity contribution < 1.29 is 19.5 Å². The Morgan fingerprint density at radius 2 is 2.23 bits per heavy atom. The molecule has 0 bridgehead atoms. The highest BCUT2D eigenvalue weighted by atomic mass is 35.5. The van der Waals surface area contributed by atoms with Crippen LogP contribution in [0.3, 0.4) is 0 Å². The number of carbonyl (C=O) groups is 1. The number of aliphatic hydroxyl groups is 1. The van der Waals surface area contributed by atoms with E-state index in [1.54, 1.807) is 6.08 Å². The van der Waals surface area contributed by atoms with E-state index < -0.39 is 11.6 Å². The average Bonchev–Trinajstić information content (AvgIpc) is 2.90. The number of carbonyl (C=O) groups excluding carboxylic acids is 1. The molecule has 0 aromatic carbocycles. The van der Waals surface area contributed by atoms with Crippen LogP contribution < -0.4 is 0 Å². The Labute approximate surface area is 135 Å². The molecule has 0 aromatic rings. The molecule has 122 valence electrons. The standard InChI is InChI=1S/C16H22ClNO4/c1-2-6-12(18-21-10-5-9-17)14-13(19)11-16(22-15(14)20)7-3-4-8-16/h5,9,19H,2-4,6-8,10-11H2,1H3. The molecular weight excluding hydrogens is 306 g/mol. The van der Waals surface area contributed by atoms with Crippen LogP contribution in [0.1, 0.15) is 51.9 Å². The van der Waals surface area contributed by atoms with Gasteiger partial charge in [0.05, 0.1) is 5.71 Å². The highest BCUT2D eigenvalue weighted by Crippen LogP contribution is 2.42. The van der Waals surface area contributed by atoms with Gasteiger partial charge in [0, 0.05) is 12.0 Å². The van der Waals surface area contributed by atoms with Crippen LogP contribution in [0.15, 0.2) is 28.1 Å². The summed E-state index contributed by atoms with van der Waals surface area (Å²) in [6.45, 7) is 2.18. The predicted octanol–water partition coefficient (Wildman–Crippen LogP) is 3.98. The van der Waals surface area contributed by atoms with E-state index in [-0.39, 0.29) is 17.9 Å². The summed E-state index contributed by atoms with van der Waals surface area (Å²) in [5, 5.41) is 14.4. The third-order valence-electron chi connectivity index (χ3n) is 4.02. The van der Waals surface area contributed by atoms with Crippen LogP contribution in [-0.2, 0) is 14.4 Å². The summed E-state index contributed by atoms with van der Waals surface area (Å²) in [4.78, 5) is 17.5. The largest absolute Gasteiger partial charge is 0.511 e. The molecule has 2 aliphatic rings. The highest BCUT2D eigenvalue weighted by Gasteiger charge is 2.44. The smallest absolute Gasteiger partial charge is 0.344 e. The summed E-state index contributed by atoms with van der Waals surface area (Å²) in [6, 6.07) is 0. The van der Waals surface area contributed by atoms with Crippen molar-refractivity contribution in [2.45, 2.75) is 57.5 Å². The van der Waals surface area contributed by atoms with Crippen molar-refractivity contribution in [1.29, 1.82) is 0 Å². The lowest BCUT2D eigenvalue weighted by Crippen LogP contribution is -2.39. The van der Waals surface area contributed by atoms with E-state index in [2.05, 4.69) is 5.16 Å². The van der Waals surface area contributed by atoms with Crippen LogP contribution in [0.5, 0.6) is 0 Å². The molecule has 1 saturated carbocycles. The summed E-state index contributed by atoms with van der Waals surface area (Å²) in [6.07, 6.45) is 6.96. The molecule has 1 fully saturated rings. The molecule has 0 aromatic heterocycles. The van der Waals surface area contributed by atoms with Crippen molar-refractivity contribution in [3.8, 4) is 0 Å². The Hall–Kier alpha value is -1.49. The summed E-state index contributed by atoms with van der Waals surface area (Å²) in [5.74, 6) is -0.420. The molecule has 1 heterocycles. The molecule has 1 spiro atoms. The van der Waals surface area contributed by atoms with E-state index >= 15 is 0 Å². The van der Waals surface area contributed by atoms with E-state index in [0.29, 0.717) is 18.6 Å². The SMILES string of the molecule is CCCC(=NOCC=CCl)C1=C(O)CC2(CCCC2)OC1=O. The maximum absolute atomic E-state index is 12.4. The van der Waals surface area contributed by atoms with Gasteiger partial charge in [0.1, 0.15) is 23.5 Å². The number of ether oxygens (including phenoxy) is 1. The van der Waals surface area contributed by atoms with Gasteiger partial charge in [-0.05, 0) is 38.2 Å². The van der Waals surface area contributed by atoms with Gasteiger partial charge in [-0.3, -0.25) is 0 Å². The maximum Gasteiger partial charge on any atom is 0.344 e. The Morgan fingerprint density at radius 1 is 1.50 bits per heavy atom. The molecular formula is C16H22ClNO4. The molecule has 0 amide bonds. The molecule has 1 N–H and O–H groups in total. The molecule has 0 unspecified atom stereocenters. The first-order valence-corrected chi connectivity index (χ1v) is 8.15. The maximum atomic E-state index is 12.4. The fraction of sp³-hybridized carbons (Fsp3) is 0.625. The number of esters is 1. The fourth-order valence-corrected chi connectivity index (χ4v) is 3.10. The first kappa shape index (κ1) is 16.9. The summed E-state index contributed by atoms with van der Waals surface area (Å²) in [5.41, 5.74) is 1.42. The second kappa shape index (κ2) is 7.68. The molecule has 0 saturated heterocycles. The quantitative estimate of drug-likeness (QED) is 0.347. The second-order valence-corrected chi connectivity index (χ2v) is 5.98. The molecule has 1 aliphatic carbocycles. The molecule has 1 aliphatic heterocycles. The van der Waals surface area contributed by atoms with Crippen LogP contribution in [0.2, 0.25) is 0 Å². The van der Waals surface area contributed by atoms with Gasteiger partial charge in [-0.2, -0.15) is 0 Å². The van der Waals surface area contributed by atoms with Crippen LogP contribution in [0.25, 0.3) is 0 Å². The normalized spacial score (nSPS) is 21.7. The summed E-state index contributed by atoms with van der Waals surface area (Å²) >= 11 is 5.41. The summed E-state index contributed by atoms with van der Waals surface area (Å²) < 4.78 is 5.64. The van der Waals surface area contributed by atoms with Gasteiger partial charge in [-0.15, -0.1) is 0 Å². The zero-order chi connectivity index (χ0) is 16.0. The van der Waals surface area contributed by atoms with Crippen molar-refractivity contribution in [2.24, 2.45) is 5.16 Å². The van der Waals surface area contributed by atoms with Gasteiger partial charge < -0.3 is 14.7 Å². The minimum Gasteiger partial charge on any atom is -0.511 e. The second-order valence-electron chi connectivity index (χ2n) is 5.72. The van der Waals surface area contributed by atoms with E-state index in [1.165, 1.54) is 5.54 Å². The van der Waals surface area contributed by atoms with Crippen molar-refractivity contribution in [1.82, 2.24) is 0 Å². The lowest BCUT2D eigenvalue weighted by Gasteiger charge is -2.33. The minimum atomic E-state index is -0.510. The fourth-order valence-electron chi connectivity index (χ4n) is 3.03. The molecule has 22 heavy (non-hydrogen) atoms. The van der Waals surface area contributed by atoms with Gasteiger partial charge in [0.25, 0.3) is 0 Å². The van der Waals surface area contributed by atoms with Crippen LogP contribution in [-0.4, -0.2) is 29.0 Å². The number of hydrogen-bond acceptors (Lipinski definition) is 5. The molecule has 5 nitrogen and oxygen atoms in total. The van der Waals surface area contributed by atoms with Gasteiger partial charge in [0.15, 0.2) is 0 Å². The van der Waals surface area contributed by atoms with Crippen molar-refractivity contribution in [3.63, 3.8) is 0 Å². The van der Waals surface area contributed by atoms with E-state index in [9.17, 15) is 9.90 Å². The number of rotatable bonds is 6. The first-order chi connectivity index (χ1) is 10.6. The number of halogens is 1. The Kier molecular flexibility index (Phi) is 5.89. The molecule has 0 radical (unpaired) electrons. The highest BCUT2D eigenvalue weighted by molar-refractivity contribution is 6.25. The zero-order valence-corrected chi connectivity index (χ0v) is 13.6.